The minimum atomic E-state index is -1.36. The number of hydrogen-bond donors (Lipinski definition) is 1. The third-order valence-corrected chi connectivity index (χ3v) is 6.10. The summed E-state index contributed by atoms with van der Waals surface area (Å²) < 4.78 is 31.6. The zero-order valence-corrected chi connectivity index (χ0v) is 18.8. The van der Waals surface area contributed by atoms with Gasteiger partial charge in [0.15, 0.2) is 5.65 Å². The highest BCUT2D eigenvalue weighted by Crippen LogP contribution is 2.50. The Labute approximate surface area is 180 Å². The molecule has 0 saturated heterocycles. The van der Waals surface area contributed by atoms with Gasteiger partial charge in [0.05, 0.1) is 23.8 Å². The standard InChI is InChI=1S/C21H24F2N7P/c1-12-27-18-16(30(12)14-7-21(23,31)8-14)6-13(9-24-18)15-4-5-29-17(15)10-25-19(28-29)26-11-20(2,3)22/h4-6,9-10,14H,7-8,11,31H2,1-3H3,(H,26,28). The molecule has 0 aliphatic heterocycles. The molecule has 1 aliphatic carbocycles. The van der Waals surface area contributed by atoms with Crippen molar-refractivity contribution in [2.24, 2.45) is 0 Å². The molecule has 1 atom stereocenters. The first-order chi connectivity index (χ1) is 14.6. The number of fused-ring (bicyclic) bond motifs is 2. The Balaban J connectivity index is 1.50. The van der Waals surface area contributed by atoms with Gasteiger partial charge < -0.3 is 9.88 Å². The number of rotatable bonds is 5. The lowest BCUT2D eigenvalue weighted by Crippen LogP contribution is -2.36. The highest BCUT2D eigenvalue weighted by molar-refractivity contribution is 7.18. The molecule has 0 amide bonds. The number of nitrogens with zero attached hydrogens (tertiary/aromatic N) is 6. The summed E-state index contributed by atoms with van der Waals surface area (Å²) >= 11 is 0. The topological polar surface area (TPSA) is 72.9 Å². The Morgan fingerprint density at radius 3 is 2.74 bits per heavy atom. The van der Waals surface area contributed by atoms with Gasteiger partial charge in [-0.05, 0) is 32.9 Å². The molecular formula is C21H24F2N7P. The van der Waals surface area contributed by atoms with Crippen molar-refractivity contribution in [2.75, 3.05) is 11.9 Å². The predicted octanol–water partition coefficient (Wildman–Crippen LogP) is 4.49. The van der Waals surface area contributed by atoms with E-state index < -0.39 is 11.1 Å². The third-order valence-electron chi connectivity index (χ3n) is 5.63. The van der Waals surface area contributed by atoms with Crippen molar-refractivity contribution in [3.63, 3.8) is 0 Å². The van der Waals surface area contributed by atoms with E-state index in [0.29, 0.717) is 24.4 Å². The fraction of sp³-hybridized carbons (Fsp3) is 0.429. The van der Waals surface area contributed by atoms with Gasteiger partial charge in [-0.2, -0.15) is 0 Å². The van der Waals surface area contributed by atoms with Gasteiger partial charge in [-0.3, -0.25) is 0 Å². The van der Waals surface area contributed by atoms with Crippen LogP contribution in [0.5, 0.6) is 0 Å². The van der Waals surface area contributed by atoms with Gasteiger partial charge in [0.25, 0.3) is 0 Å². The second kappa shape index (κ2) is 6.92. The van der Waals surface area contributed by atoms with Gasteiger partial charge in [0, 0.05) is 42.4 Å². The number of nitrogens with one attached hydrogen (secondary N) is 1. The van der Waals surface area contributed by atoms with Crippen LogP contribution in [-0.4, -0.2) is 46.8 Å². The molecule has 5 rings (SSSR count). The number of aromatic nitrogens is 6. The summed E-state index contributed by atoms with van der Waals surface area (Å²) in [7, 11) is 2.30. The van der Waals surface area contributed by atoms with Crippen LogP contribution < -0.4 is 5.32 Å². The molecule has 0 radical (unpaired) electrons. The first kappa shape index (κ1) is 20.2. The van der Waals surface area contributed by atoms with Crippen LogP contribution in [0, 0.1) is 6.92 Å². The first-order valence-corrected chi connectivity index (χ1v) is 10.8. The number of anilines is 1. The number of pyridine rings is 1. The molecule has 4 aromatic heterocycles. The van der Waals surface area contributed by atoms with Gasteiger partial charge in [-0.15, -0.1) is 5.10 Å². The fourth-order valence-electron chi connectivity index (χ4n) is 4.12. The average molecular weight is 443 g/mol. The Morgan fingerprint density at radius 1 is 1.26 bits per heavy atom. The van der Waals surface area contributed by atoms with Gasteiger partial charge in [-0.25, -0.2) is 28.2 Å². The van der Waals surface area contributed by atoms with Crippen LogP contribution in [0.2, 0.25) is 0 Å². The Morgan fingerprint density at radius 2 is 2.03 bits per heavy atom. The monoisotopic (exact) mass is 443 g/mol. The molecule has 162 valence electrons. The summed E-state index contributed by atoms with van der Waals surface area (Å²) in [5.41, 5.74) is 2.83. The van der Waals surface area contributed by atoms with E-state index in [1.54, 1.807) is 16.9 Å². The molecule has 1 unspecified atom stereocenters. The number of hydrogen-bond acceptors (Lipinski definition) is 5. The van der Waals surface area contributed by atoms with Crippen LogP contribution in [0.1, 0.15) is 38.6 Å². The Kier molecular flexibility index (Phi) is 4.52. The number of halogens is 2. The Bertz CT molecular complexity index is 1280. The van der Waals surface area contributed by atoms with Gasteiger partial charge in [0.2, 0.25) is 5.95 Å². The summed E-state index contributed by atoms with van der Waals surface area (Å²) in [6.07, 6.45) is 6.22. The number of imidazole rings is 1. The zero-order chi connectivity index (χ0) is 22.0. The van der Waals surface area contributed by atoms with Crippen LogP contribution in [-0.2, 0) is 0 Å². The van der Waals surface area contributed by atoms with Crippen molar-refractivity contribution in [3.05, 3.63) is 36.5 Å². The quantitative estimate of drug-likeness (QED) is 0.461. The lowest BCUT2D eigenvalue weighted by atomic mass is 9.89. The molecule has 1 aliphatic rings. The van der Waals surface area contributed by atoms with E-state index >= 15 is 0 Å². The van der Waals surface area contributed by atoms with Crippen molar-refractivity contribution in [1.29, 1.82) is 0 Å². The van der Waals surface area contributed by atoms with Crippen molar-refractivity contribution in [1.82, 2.24) is 29.1 Å². The second-order valence-corrected chi connectivity index (χ2v) is 9.94. The smallest absolute Gasteiger partial charge is 0.241 e. The molecule has 4 heterocycles. The molecule has 4 aromatic rings. The maximum atomic E-state index is 14.1. The maximum Gasteiger partial charge on any atom is 0.241 e. The van der Waals surface area contributed by atoms with Crippen LogP contribution >= 0.6 is 9.24 Å². The SMILES string of the molecule is Cc1nc2ncc(-c3ccn4nc(NCC(C)(C)F)ncc34)cc2n1C1CC(F)(P)C1. The summed E-state index contributed by atoms with van der Waals surface area (Å²) in [5.74, 6) is 1.20. The molecule has 10 heteroatoms. The largest absolute Gasteiger partial charge is 0.350 e. The lowest BCUT2D eigenvalue weighted by Gasteiger charge is -2.39. The highest BCUT2D eigenvalue weighted by atomic mass is 31.0. The van der Waals surface area contributed by atoms with Crippen molar-refractivity contribution < 1.29 is 8.78 Å². The van der Waals surface area contributed by atoms with Crippen LogP contribution in [0.25, 0.3) is 27.8 Å². The molecule has 1 saturated carbocycles. The zero-order valence-electron chi connectivity index (χ0n) is 17.6. The molecule has 1 fully saturated rings. The van der Waals surface area contributed by atoms with Crippen molar-refractivity contribution >= 4 is 31.9 Å². The van der Waals surface area contributed by atoms with E-state index in [2.05, 4.69) is 39.2 Å². The van der Waals surface area contributed by atoms with Crippen LogP contribution in [0.4, 0.5) is 14.7 Å². The first-order valence-electron chi connectivity index (χ1n) is 10.2. The second-order valence-electron chi connectivity index (χ2n) is 8.91. The predicted molar refractivity (Wildman–Crippen MR) is 120 cm³/mol. The van der Waals surface area contributed by atoms with Gasteiger partial charge in [0.1, 0.15) is 16.9 Å². The molecule has 7 nitrogen and oxygen atoms in total. The van der Waals surface area contributed by atoms with Crippen LogP contribution in [0.15, 0.2) is 30.7 Å². The summed E-state index contributed by atoms with van der Waals surface area (Å²) in [4.78, 5) is 13.4. The van der Waals surface area contributed by atoms with Crippen LogP contribution in [0.3, 0.4) is 0 Å². The number of aryl methyl sites for hydroxylation is 1. The van der Waals surface area contributed by atoms with Crippen molar-refractivity contribution in [3.8, 4) is 11.1 Å². The molecule has 0 aromatic carbocycles. The number of alkyl halides is 2. The summed E-state index contributed by atoms with van der Waals surface area (Å²) in [5, 5.41) is 6.14. The molecule has 1 N–H and O–H groups in total. The highest BCUT2D eigenvalue weighted by Gasteiger charge is 2.42. The summed E-state index contributed by atoms with van der Waals surface area (Å²) in [6.45, 7) is 5.04. The molecule has 0 bridgehead atoms. The minimum Gasteiger partial charge on any atom is -0.350 e. The van der Waals surface area contributed by atoms with E-state index in [1.165, 1.54) is 13.8 Å². The minimum absolute atomic E-state index is 0.0760. The van der Waals surface area contributed by atoms with E-state index in [0.717, 1.165) is 28.0 Å². The van der Waals surface area contributed by atoms with Crippen molar-refractivity contribution in [2.45, 2.75) is 50.7 Å². The molecule has 0 spiro atoms. The molecular weight excluding hydrogens is 419 g/mol. The van der Waals surface area contributed by atoms with E-state index in [-0.39, 0.29) is 12.6 Å². The van der Waals surface area contributed by atoms with E-state index in [4.69, 9.17) is 0 Å². The van der Waals surface area contributed by atoms with Gasteiger partial charge in [-0.1, -0.05) is 9.24 Å². The summed E-state index contributed by atoms with van der Waals surface area (Å²) in [6, 6.07) is 4.06. The maximum absolute atomic E-state index is 14.1. The Hall–Kier alpha value is -2.67. The lowest BCUT2D eigenvalue weighted by molar-refractivity contribution is 0.103. The molecule has 31 heavy (non-hydrogen) atoms. The van der Waals surface area contributed by atoms with Gasteiger partial charge >= 0.3 is 0 Å². The normalized spacial score (nSPS) is 21.5. The average Bonchev–Trinajstić information content (AvgIpc) is 3.23. The fourth-order valence-corrected chi connectivity index (χ4v) is 4.66. The van der Waals surface area contributed by atoms with E-state index in [1.807, 2.05) is 25.3 Å². The van der Waals surface area contributed by atoms with E-state index in [9.17, 15) is 8.78 Å². The third kappa shape index (κ3) is 3.76.